The molecule has 1 amide bonds. The van der Waals surface area contributed by atoms with Crippen molar-refractivity contribution in [3.63, 3.8) is 0 Å². The van der Waals surface area contributed by atoms with Gasteiger partial charge in [-0.25, -0.2) is 13.5 Å². The second-order valence-corrected chi connectivity index (χ2v) is 5.50. The first-order valence-corrected chi connectivity index (χ1v) is 7.41. The molecule has 0 atom stereocenters. The first-order valence-electron chi connectivity index (χ1n) is 7.03. The van der Waals surface area contributed by atoms with Gasteiger partial charge in [0, 0.05) is 5.69 Å². The number of nitrogens with zero attached hydrogens (tertiary/aromatic N) is 2. The summed E-state index contributed by atoms with van der Waals surface area (Å²) in [5.74, 6) is -1.46. The normalized spacial score (nSPS) is 10.7. The molecule has 122 valence electrons. The van der Waals surface area contributed by atoms with E-state index in [1.807, 2.05) is 0 Å². The molecule has 0 saturated carbocycles. The quantitative estimate of drug-likeness (QED) is 0.765. The van der Waals surface area contributed by atoms with Crippen LogP contribution in [0.25, 0.3) is 5.69 Å². The molecule has 0 radical (unpaired) electrons. The van der Waals surface area contributed by atoms with Crippen LogP contribution < -0.4 is 5.32 Å². The van der Waals surface area contributed by atoms with Gasteiger partial charge in [0.15, 0.2) is 0 Å². The fraction of sp³-hybridized carbons (Fsp3) is 0.0588. The van der Waals surface area contributed by atoms with Gasteiger partial charge in [0.25, 0.3) is 5.91 Å². The molecule has 0 bridgehead atoms. The number of carbonyl (C=O) groups excluding carboxylic acids is 1. The summed E-state index contributed by atoms with van der Waals surface area (Å²) in [5, 5.41) is 6.59. The molecule has 7 heteroatoms. The maximum absolute atomic E-state index is 13.9. The molecule has 0 aliphatic heterocycles. The Hall–Kier alpha value is -2.73. The lowest BCUT2D eigenvalue weighted by molar-refractivity contribution is 0.102. The van der Waals surface area contributed by atoms with E-state index < -0.39 is 17.5 Å². The van der Waals surface area contributed by atoms with Gasteiger partial charge in [0.05, 0.1) is 22.5 Å². The number of anilines is 1. The molecule has 0 aliphatic carbocycles. The molecule has 2 aromatic carbocycles. The predicted molar refractivity (Wildman–Crippen MR) is 87.6 cm³/mol. The van der Waals surface area contributed by atoms with Crippen LogP contribution in [-0.4, -0.2) is 15.7 Å². The number of rotatable bonds is 3. The minimum absolute atomic E-state index is 0.0911. The summed E-state index contributed by atoms with van der Waals surface area (Å²) in [4.78, 5) is 12.4. The maximum atomic E-state index is 13.9. The van der Waals surface area contributed by atoms with Crippen LogP contribution in [0.1, 0.15) is 16.1 Å². The number of carbonyl (C=O) groups is 1. The zero-order valence-corrected chi connectivity index (χ0v) is 13.3. The van der Waals surface area contributed by atoms with Crippen LogP contribution in [0.15, 0.2) is 48.7 Å². The van der Waals surface area contributed by atoms with E-state index in [1.165, 1.54) is 29.1 Å². The predicted octanol–water partition coefficient (Wildman–Crippen LogP) is 4.36. The van der Waals surface area contributed by atoms with Gasteiger partial charge in [-0.2, -0.15) is 5.10 Å². The van der Waals surface area contributed by atoms with Crippen LogP contribution in [0.4, 0.5) is 14.5 Å². The van der Waals surface area contributed by atoms with Crippen molar-refractivity contribution in [3.8, 4) is 5.69 Å². The van der Waals surface area contributed by atoms with E-state index in [2.05, 4.69) is 10.4 Å². The van der Waals surface area contributed by atoms with E-state index >= 15 is 0 Å². The number of para-hydroxylation sites is 1. The number of benzene rings is 2. The molecule has 0 unspecified atom stereocenters. The number of hydrogen-bond acceptors (Lipinski definition) is 2. The summed E-state index contributed by atoms with van der Waals surface area (Å²) in [5.41, 5.74) is 1.35. The molecule has 3 rings (SSSR count). The Morgan fingerprint density at radius 3 is 2.62 bits per heavy atom. The topological polar surface area (TPSA) is 46.9 Å². The lowest BCUT2D eigenvalue weighted by Gasteiger charge is -2.08. The molecule has 0 spiro atoms. The van der Waals surface area contributed by atoms with Gasteiger partial charge in [-0.3, -0.25) is 4.79 Å². The monoisotopic (exact) mass is 347 g/mol. The summed E-state index contributed by atoms with van der Waals surface area (Å²) >= 11 is 5.69. The van der Waals surface area contributed by atoms with Crippen LogP contribution in [-0.2, 0) is 0 Å². The summed E-state index contributed by atoms with van der Waals surface area (Å²) in [7, 11) is 0. The number of nitrogens with one attached hydrogen (secondary N) is 1. The number of halogens is 3. The van der Waals surface area contributed by atoms with Gasteiger partial charge in [0.2, 0.25) is 0 Å². The molecular formula is C17H12ClF2N3O. The highest BCUT2D eigenvalue weighted by atomic mass is 35.5. The smallest absolute Gasteiger partial charge is 0.259 e. The van der Waals surface area contributed by atoms with E-state index in [-0.39, 0.29) is 16.3 Å². The third-order valence-corrected chi connectivity index (χ3v) is 3.80. The molecule has 0 saturated heterocycles. The second-order valence-electron chi connectivity index (χ2n) is 5.09. The first-order chi connectivity index (χ1) is 11.5. The van der Waals surface area contributed by atoms with E-state index in [4.69, 9.17) is 11.6 Å². The average Bonchev–Trinajstić information content (AvgIpc) is 2.93. The Morgan fingerprint density at radius 1 is 1.17 bits per heavy atom. The van der Waals surface area contributed by atoms with Crippen LogP contribution in [0.2, 0.25) is 5.02 Å². The number of aromatic nitrogens is 2. The maximum Gasteiger partial charge on any atom is 0.259 e. The SMILES string of the molecule is Cc1c(C(=O)Nc2ccc(F)c(Cl)c2)cnn1-c1ccccc1F. The van der Waals surface area contributed by atoms with Crippen molar-refractivity contribution in [1.29, 1.82) is 0 Å². The zero-order chi connectivity index (χ0) is 17.3. The number of amides is 1. The van der Waals surface area contributed by atoms with Crippen molar-refractivity contribution in [3.05, 3.63) is 76.6 Å². The molecule has 0 fully saturated rings. The average molecular weight is 348 g/mol. The molecule has 1 aromatic heterocycles. The Kier molecular flexibility index (Phi) is 4.31. The van der Waals surface area contributed by atoms with Crippen LogP contribution in [0.3, 0.4) is 0 Å². The third-order valence-electron chi connectivity index (χ3n) is 3.51. The van der Waals surface area contributed by atoms with Crippen molar-refractivity contribution in [2.24, 2.45) is 0 Å². The molecule has 3 aromatic rings. The second kappa shape index (κ2) is 6.41. The van der Waals surface area contributed by atoms with Crippen LogP contribution in [0, 0.1) is 18.6 Å². The van der Waals surface area contributed by atoms with Gasteiger partial charge >= 0.3 is 0 Å². The largest absolute Gasteiger partial charge is 0.322 e. The van der Waals surface area contributed by atoms with Crippen molar-refractivity contribution in [2.45, 2.75) is 6.92 Å². The standard InChI is InChI=1S/C17H12ClF2N3O/c1-10-12(9-21-23(10)16-5-3-2-4-15(16)20)17(24)22-11-6-7-14(19)13(18)8-11/h2-9H,1H3,(H,22,24). The van der Waals surface area contributed by atoms with Gasteiger partial charge < -0.3 is 5.32 Å². The highest BCUT2D eigenvalue weighted by Crippen LogP contribution is 2.21. The minimum atomic E-state index is -0.571. The van der Waals surface area contributed by atoms with Crippen molar-refractivity contribution >= 4 is 23.2 Å². The van der Waals surface area contributed by atoms with Gasteiger partial charge in [-0.1, -0.05) is 23.7 Å². The summed E-state index contributed by atoms with van der Waals surface area (Å²) in [6.07, 6.45) is 1.35. The zero-order valence-electron chi connectivity index (χ0n) is 12.6. The van der Waals surface area contributed by atoms with Crippen molar-refractivity contribution < 1.29 is 13.6 Å². The highest BCUT2D eigenvalue weighted by molar-refractivity contribution is 6.31. The Labute approximate surface area is 141 Å². The van der Waals surface area contributed by atoms with Crippen LogP contribution >= 0.6 is 11.6 Å². The molecule has 1 heterocycles. The minimum Gasteiger partial charge on any atom is -0.322 e. The van der Waals surface area contributed by atoms with Gasteiger partial charge in [0.1, 0.15) is 17.3 Å². The Balaban J connectivity index is 1.89. The fourth-order valence-corrected chi connectivity index (χ4v) is 2.45. The third kappa shape index (κ3) is 3.00. The molecule has 4 nitrogen and oxygen atoms in total. The first kappa shape index (κ1) is 16.1. The number of hydrogen-bond donors (Lipinski definition) is 1. The summed E-state index contributed by atoms with van der Waals surface area (Å²) in [6, 6.07) is 10.0. The molecule has 1 N–H and O–H groups in total. The Morgan fingerprint density at radius 2 is 1.92 bits per heavy atom. The summed E-state index contributed by atoms with van der Waals surface area (Å²) in [6.45, 7) is 1.66. The summed E-state index contributed by atoms with van der Waals surface area (Å²) < 4.78 is 28.4. The fourth-order valence-electron chi connectivity index (χ4n) is 2.27. The Bertz CT molecular complexity index is 924. The van der Waals surface area contributed by atoms with Crippen molar-refractivity contribution in [2.75, 3.05) is 5.32 Å². The van der Waals surface area contributed by atoms with Gasteiger partial charge in [-0.15, -0.1) is 0 Å². The van der Waals surface area contributed by atoms with E-state index in [1.54, 1.807) is 25.1 Å². The van der Waals surface area contributed by atoms with E-state index in [9.17, 15) is 13.6 Å². The molecular weight excluding hydrogens is 336 g/mol. The lowest BCUT2D eigenvalue weighted by atomic mass is 10.2. The molecule has 24 heavy (non-hydrogen) atoms. The highest BCUT2D eigenvalue weighted by Gasteiger charge is 2.17. The van der Waals surface area contributed by atoms with Crippen molar-refractivity contribution in [1.82, 2.24) is 9.78 Å². The van der Waals surface area contributed by atoms with Gasteiger partial charge in [-0.05, 0) is 37.3 Å². The lowest BCUT2D eigenvalue weighted by Crippen LogP contribution is -2.13. The van der Waals surface area contributed by atoms with Crippen LogP contribution in [0.5, 0.6) is 0 Å². The van der Waals surface area contributed by atoms with E-state index in [0.29, 0.717) is 11.4 Å². The molecule has 0 aliphatic rings. The van der Waals surface area contributed by atoms with E-state index in [0.717, 1.165) is 6.07 Å².